The Morgan fingerprint density at radius 2 is 2.00 bits per heavy atom. The van der Waals surface area contributed by atoms with Crippen molar-refractivity contribution in [2.24, 2.45) is 0 Å². The summed E-state index contributed by atoms with van der Waals surface area (Å²) >= 11 is 0. The van der Waals surface area contributed by atoms with Gasteiger partial charge in [-0.2, -0.15) is 0 Å². The highest BCUT2D eigenvalue weighted by atomic mass is 19.1. The molecule has 1 saturated heterocycles. The summed E-state index contributed by atoms with van der Waals surface area (Å²) in [5.74, 6) is 1.75. The van der Waals surface area contributed by atoms with Crippen LogP contribution in [0.3, 0.4) is 0 Å². The summed E-state index contributed by atoms with van der Waals surface area (Å²) < 4.78 is 14.1. The fourth-order valence-electron chi connectivity index (χ4n) is 4.05. The van der Waals surface area contributed by atoms with E-state index < -0.39 is 6.17 Å². The van der Waals surface area contributed by atoms with Gasteiger partial charge in [-0.05, 0) is 39.0 Å². The average molecular weight is 356 g/mol. The Labute approximate surface area is 153 Å². The Morgan fingerprint density at radius 1 is 1.19 bits per heavy atom. The van der Waals surface area contributed by atoms with E-state index in [2.05, 4.69) is 30.2 Å². The minimum Gasteiger partial charge on any atom is -0.368 e. The first-order valence-corrected chi connectivity index (χ1v) is 9.41. The molecule has 4 rings (SSSR count). The predicted octanol–water partition coefficient (Wildman–Crippen LogP) is 2.48. The standard InChI is InChI=1S/C19H25FN6/c1-13-24-18-5-3-2-4-17(18)19(25-13)23-9-16-6-15(20)11-26(16)10-14-7-21-12-22-8-14/h7-8,12,15-16H,2-6,9-11H2,1H3,(H,23,24,25)/t15-,16-/m0/s1. The number of anilines is 1. The van der Waals surface area contributed by atoms with Gasteiger partial charge in [0.2, 0.25) is 0 Å². The van der Waals surface area contributed by atoms with Gasteiger partial charge in [-0.25, -0.2) is 24.3 Å². The summed E-state index contributed by atoms with van der Waals surface area (Å²) in [5.41, 5.74) is 3.45. The lowest BCUT2D eigenvalue weighted by Crippen LogP contribution is -2.35. The molecule has 1 aliphatic carbocycles. The van der Waals surface area contributed by atoms with E-state index in [0.717, 1.165) is 30.0 Å². The SMILES string of the molecule is Cc1nc2c(c(NC[C@@H]3C[C@H](F)CN3Cc3cncnc3)n1)CCCC2. The largest absolute Gasteiger partial charge is 0.368 e. The van der Waals surface area contributed by atoms with Gasteiger partial charge in [0.1, 0.15) is 24.1 Å². The van der Waals surface area contributed by atoms with E-state index in [9.17, 15) is 4.39 Å². The molecule has 1 fully saturated rings. The van der Waals surface area contributed by atoms with Gasteiger partial charge in [0, 0.05) is 54.9 Å². The van der Waals surface area contributed by atoms with Crippen LogP contribution in [0.15, 0.2) is 18.7 Å². The summed E-state index contributed by atoms with van der Waals surface area (Å²) in [6, 6.07) is 0.139. The number of nitrogens with zero attached hydrogens (tertiary/aromatic N) is 5. The molecule has 6 nitrogen and oxygen atoms in total. The van der Waals surface area contributed by atoms with Crippen molar-refractivity contribution < 1.29 is 4.39 Å². The van der Waals surface area contributed by atoms with Gasteiger partial charge >= 0.3 is 0 Å². The topological polar surface area (TPSA) is 66.8 Å². The van der Waals surface area contributed by atoms with Crippen LogP contribution in [0.25, 0.3) is 0 Å². The molecule has 0 aromatic carbocycles. The van der Waals surface area contributed by atoms with Crippen molar-refractivity contribution in [2.75, 3.05) is 18.4 Å². The van der Waals surface area contributed by atoms with Crippen molar-refractivity contribution in [3.05, 3.63) is 41.4 Å². The molecule has 26 heavy (non-hydrogen) atoms. The molecule has 0 amide bonds. The number of fused-ring (bicyclic) bond motifs is 1. The Morgan fingerprint density at radius 3 is 2.85 bits per heavy atom. The van der Waals surface area contributed by atoms with Crippen LogP contribution in [-0.2, 0) is 19.4 Å². The summed E-state index contributed by atoms with van der Waals surface area (Å²) in [6.07, 6.45) is 9.32. The van der Waals surface area contributed by atoms with Crippen molar-refractivity contribution in [3.63, 3.8) is 0 Å². The third-order valence-electron chi connectivity index (χ3n) is 5.28. The summed E-state index contributed by atoms with van der Waals surface area (Å²) in [4.78, 5) is 19.5. The van der Waals surface area contributed by atoms with E-state index in [4.69, 9.17) is 0 Å². The van der Waals surface area contributed by atoms with Gasteiger partial charge in [-0.3, -0.25) is 4.90 Å². The van der Waals surface area contributed by atoms with Gasteiger partial charge in [-0.1, -0.05) is 0 Å². The third-order valence-corrected chi connectivity index (χ3v) is 5.28. The minimum atomic E-state index is -0.785. The molecule has 138 valence electrons. The van der Waals surface area contributed by atoms with Crippen LogP contribution in [0.1, 0.15) is 41.9 Å². The molecule has 3 heterocycles. The third kappa shape index (κ3) is 3.82. The molecule has 0 spiro atoms. The molecular weight excluding hydrogens is 331 g/mol. The Bertz CT molecular complexity index is 753. The van der Waals surface area contributed by atoms with Crippen molar-refractivity contribution in [1.29, 1.82) is 0 Å². The van der Waals surface area contributed by atoms with Crippen LogP contribution in [0.2, 0.25) is 0 Å². The fraction of sp³-hybridized carbons (Fsp3) is 0.579. The maximum absolute atomic E-state index is 14.1. The molecular formula is C19H25FN6. The van der Waals surface area contributed by atoms with E-state index >= 15 is 0 Å². The number of alkyl halides is 1. The number of hydrogen-bond acceptors (Lipinski definition) is 6. The highest BCUT2D eigenvalue weighted by molar-refractivity contribution is 5.48. The van der Waals surface area contributed by atoms with Gasteiger partial charge < -0.3 is 5.32 Å². The number of hydrogen-bond donors (Lipinski definition) is 1. The molecule has 7 heteroatoms. The zero-order chi connectivity index (χ0) is 17.9. The van der Waals surface area contributed by atoms with E-state index in [-0.39, 0.29) is 6.04 Å². The first-order valence-electron chi connectivity index (χ1n) is 9.41. The Kier molecular flexibility index (Phi) is 5.06. The molecule has 0 saturated carbocycles. The number of nitrogens with one attached hydrogen (secondary N) is 1. The van der Waals surface area contributed by atoms with Crippen LogP contribution >= 0.6 is 0 Å². The minimum absolute atomic E-state index is 0.139. The molecule has 2 aromatic heterocycles. The summed E-state index contributed by atoms with van der Waals surface area (Å²) in [5, 5.41) is 3.50. The predicted molar refractivity (Wildman–Crippen MR) is 97.6 cm³/mol. The number of aryl methyl sites for hydroxylation is 2. The average Bonchev–Trinajstić information content (AvgIpc) is 2.99. The zero-order valence-corrected chi connectivity index (χ0v) is 15.2. The number of halogens is 1. The normalized spacial score (nSPS) is 23.0. The smallest absolute Gasteiger partial charge is 0.133 e. The van der Waals surface area contributed by atoms with Crippen LogP contribution in [0.4, 0.5) is 10.2 Å². The molecule has 0 bridgehead atoms. The molecule has 0 unspecified atom stereocenters. The van der Waals surface area contributed by atoms with Gasteiger partial charge in [-0.15, -0.1) is 0 Å². The molecule has 1 aliphatic heterocycles. The zero-order valence-electron chi connectivity index (χ0n) is 15.2. The monoisotopic (exact) mass is 356 g/mol. The Balaban J connectivity index is 1.45. The van der Waals surface area contributed by atoms with Crippen molar-refractivity contribution in [2.45, 2.75) is 57.8 Å². The van der Waals surface area contributed by atoms with Crippen LogP contribution in [0, 0.1) is 6.92 Å². The van der Waals surface area contributed by atoms with Crippen molar-refractivity contribution in [3.8, 4) is 0 Å². The molecule has 1 N–H and O–H groups in total. The summed E-state index contributed by atoms with van der Waals surface area (Å²) in [7, 11) is 0. The van der Waals surface area contributed by atoms with E-state index in [1.807, 2.05) is 6.92 Å². The quantitative estimate of drug-likeness (QED) is 0.888. The van der Waals surface area contributed by atoms with E-state index in [1.54, 1.807) is 12.4 Å². The molecule has 2 aliphatic rings. The number of likely N-dealkylation sites (tertiary alicyclic amines) is 1. The lowest BCUT2D eigenvalue weighted by Gasteiger charge is -2.25. The van der Waals surface area contributed by atoms with Crippen LogP contribution in [-0.4, -0.2) is 50.1 Å². The van der Waals surface area contributed by atoms with Crippen molar-refractivity contribution >= 4 is 5.82 Å². The highest BCUT2D eigenvalue weighted by Gasteiger charge is 2.32. The highest BCUT2D eigenvalue weighted by Crippen LogP contribution is 2.27. The van der Waals surface area contributed by atoms with Gasteiger partial charge in [0.25, 0.3) is 0 Å². The van der Waals surface area contributed by atoms with Crippen LogP contribution in [0.5, 0.6) is 0 Å². The maximum atomic E-state index is 14.1. The summed E-state index contributed by atoms with van der Waals surface area (Å²) in [6.45, 7) is 3.77. The van der Waals surface area contributed by atoms with E-state index in [1.165, 1.54) is 30.4 Å². The second kappa shape index (κ2) is 7.61. The maximum Gasteiger partial charge on any atom is 0.133 e. The van der Waals surface area contributed by atoms with Gasteiger partial charge in [0.15, 0.2) is 0 Å². The number of aromatic nitrogens is 4. The molecule has 0 radical (unpaired) electrons. The second-order valence-electron chi connectivity index (χ2n) is 7.30. The molecule has 2 atom stereocenters. The van der Waals surface area contributed by atoms with Gasteiger partial charge in [0.05, 0.1) is 0 Å². The Hall–Kier alpha value is -2.15. The van der Waals surface area contributed by atoms with Crippen molar-refractivity contribution in [1.82, 2.24) is 24.8 Å². The molecule has 2 aromatic rings. The first-order chi connectivity index (χ1) is 12.7. The van der Waals surface area contributed by atoms with E-state index in [0.29, 0.717) is 26.1 Å². The van der Waals surface area contributed by atoms with Crippen LogP contribution < -0.4 is 5.32 Å². The fourth-order valence-corrected chi connectivity index (χ4v) is 4.05. The lowest BCUT2D eigenvalue weighted by atomic mass is 9.96. The number of rotatable bonds is 5. The lowest BCUT2D eigenvalue weighted by molar-refractivity contribution is 0.241. The first kappa shape index (κ1) is 17.3. The second-order valence-corrected chi connectivity index (χ2v) is 7.30.